The van der Waals surface area contributed by atoms with E-state index in [0.29, 0.717) is 6.17 Å². The van der Waals surface area contributed by atoms with Crippen molar-refractivity contribution >= 4 is 0 Å². The Morgan fingerprint density at radius 2 is 1.50 bits per heavy atom. The molecule has 1 unspecified atom stereocenters. The van der Waals surface area contributed by atoms with Crippen LogP contribution in [-0.4, -0.2) is 49.2 Å². The molecule has 1 aliphatic rings. The van der Waals surface area contributed by atoms with Crippen molar-refractivity contribution < 1.29 is 0 Å². The molecule has 120 valence electrons. The normalized spacial score (nSPS) is 20.9. The van der Waals surface area contributed by atoms with Crippen LogP contribution in [0.4, 0.5) is 0 Å². The molecule has 3 nitrogen and oxygen atoms in total. The minimum absolute atomic E-state index is 0.656. The Bertz CT molecular complexity index is 218. The number of hydrogen-bond acceptors (Lipinski definition) is 3. The molecule has 20 heavy (non-hydrogen) atoms. The minimum atomic E-state index is 0.656. The quantitative estimate of drug-likeness (QED) is 0.557. The molecule has 0 aromatic rings. The molecular formula is C17H37N3. The van der Waals surface area contributed by atoms with Crippen LogP contribution in [0.5, 0.6) is 0 Å². The summed E-state index contributed by atoms with van der Waals surface area (Å²) >= 11 is 0. The van der Waals surface area contributed by atoms with Crippen LogP contribution in [0.25, 0.3) is 0 Å². The van der Waals surface area contributed by atoms with Crippen LogP contribution < -0.4 is 5.73 Å². The predicted octanol–water partition coefficient (Wildman–Crippen LogP) is 3.44. The van der Waals surface area contributed by atoms with Gasteiger partial charge in [0, 0.05) is 26.2 Å². The van der Waals surface area contributed by atoms with Crippen LogP contribution in [0.2, 0.25) is 0 Å². The lowest BCUT2D eigenvalue weighted by Gasteiger charge is -2.27. The molecule has 0 spiro atoms. The Morgan fingerprint density at radius 3 is 2.10 bits per heavy atom. The fourth-order valence-electron chi connectivity index (χ4n) is 3.33. The van der Waals surface area contributed by atoms with Crippen molar-refractivity contribution in [2.75, 3.05) is 33.2 Å². The Kier molecular flexibility index (Phi) is 10.3. The third-order valence-corrected chi connectivity index (χ3v) is 4.65. The molecule has 1 aliphatic heterocycles. The Labute approximate surface area is 126 Å². The van der Waals surface area contributed by atoms with Crippen molar-refractivity contribution in [1.82, 2.24) is 9.80 Å². The summed E-state index contributed by atoms with van der Waals surface area (Å²) in [6.45, 7) is 6.56. The zero-order valence-electron chi connectivity index (χ0n) is 13.9. The SMILES string of the molecule is CCCCCCCCCCCC1N(C)CCN1CCN. The summed E-state index contributed by atoms with van der Waals surface area (Å²) in [6, 6.07) is 0. The van der Waals surface area contributed by atoms with E-state index < -0.39 is 0 Å². The smallest absolute Gasteiger partial charge is 0.0621 e. The standard InChI is InChI=1S/C17H37N3/c1-3-4-5-6-7-8-9-10-11-12-17-19(2)15-16-20(17)14-13-18/h17H,3-16,18H2,1-2H3. The van der Waals surface area contributed by atoms with Crippen LogP contribution in [-0.2, 0) is 0 Å². The van der Waals surface area contributed by atoms with Gasteiger partial charge in [-0.2, -0.15) is 0 Å². The Hall–Kier alpha value is -0.120. The third kappa shape index (κ3) is 7.05. The molecule has 1 atom stereocenters. The molecule has 1 fully saturated rings. The van der Waals surface area contributed by atoms with Crippen molar-refractivity contribution in [2.24, 2.45) is 5.73 Å². The zero-order chi connectivity index (χ0) is 14.6. The van der Waals surface area contributed by atoms with E-state index in [0.717, 1.165) is 13.1 Å². The monoisotopic (exact) mass is 283 g/mol. The lowest BCUT2D eigenvalue weighted by Crippen LogP contribution is -2.39. The molecular weight excluding hydrogens is 246 g/mol. The molecule has 0 aliphatic carbocycles. The molecule has 1 heterocycles. The second kappa shape index (κ2) is 11.5. The van der Waals surface area contributed by atoms with Gasteiger partial charge in [0.25, 0.3) is 0 Å². The highest BCUT2D eigenvalue weighted by Crippen LogP contribution is 2.19. The molecule has 0 radical (unpaired) electrons. The fraction of sp³-hybridized carbons (Fsp3) is 1.00. The van der Waals surface area contributed by atoms with Gasteiger partial charge in [0.15, 0.2) is 0 Å². The van der Waals surface area contributed by atoms with Gasteiger partial charge in [-0.25, -0.2) is 0 Å². The van der Waals surface area contributed by atoms with E-state index in [1.54, 1.807) is 0 Å². The number of hydrogen-bond donors (Lipinski definition) is 1. The summed E-state index contributed by atoms with van der Waals surface area (Å²) in [5.41, 5.74) is 5.70. The van der Waals surface area contributed by atoms with Gasteiger partial charge in [-0.15, -0.1) is 0 Å². The van der Waals surface area contributed by atoms with Crippen LogP contribution in [0.3, 0.4) is 0 Å². The van der Waals surface area contributed by atoms with Crippen molar-refractivity contribution in [3.63, 3.8) is 0 Å². The first-order valence-electron chi connectivity index (χ1n) is 8.94. The van der Waals surface area contributed by atoms with E-state index in [1.165, 1.54) is 77.3 Å². The number of rotatable bonds is 12. The summed E-state index contributed by atoms with van der Waals surface area (Å²) < 4.78 is 0. The van der Waals surface area contributed by atoms with E-state index >= 15 is 0 Å². The van der Waals surface area contributed by atoms with E-state index in [9.17, 15) is 0 Å². The fourth-order valence-corrected chi connectivity index (χ4v) is 3.33. The largest absolute Gasteiger partial charge is 0.329 e. The van der Waals surface area contributed by atoms with Crippen LogP contribution in [0.1, 0.15) is 71.1 Å². The molecule has 0 amide bonds. The summed E-state index contributed by atoms with van der Waals surface area (Å²) in [5, 5.41) is 0. The van der Waals surface area contributed by atoms with Crippen molar-refractivity contribution in [3.05, 3.63) is 0 Å². The summed E-state index contributed by atoms with van der Waals surface area (Å²) in [4.78, 5) is 5.06. The second-order valence-corrected chi connectivity index (χ2v) is 6.40. The maximum Gasteiger partial charge on any atom is 0.0621 e. The third-order valence-electron chi connectivity index (χ3n) is 4.65. The number of nitrogens with zero attached hydrogens (tertiary/aromatic N) is 2. The molecule has 0 aromatic heterocycles. The highest BCUT2D eigenvalue weighted by molar-refractivity contribution is 4.79. The molecule has 1 rings (SSSR count). The molecule has 0 saturated carbocycles. The van der Waals surface area contributed by atoms with Gasteiger partial charge in [-0.3, -0.25) is 9.80 Å². The average Bonchev–Trinajstić information content (AvgIpc) is 2.79. The van der Waals surface area contributed by atoms with Crippen LogP contribution in [0, 0.1) is 0 Å². The molecule has 1 saturated heterocycles. The van der Waals surface area contributed by atoms with E-state index in [1.807, 2.05) is 0 Å². The van der Waals surface area contributed by atoms with Gasteiger partial charge in [0.2, 0.25) is 0 Å². The molecule has 3 heteroatoms. The first-order valence-corrected chi connectivity index (χ1v) is 8.94. The Morgan fingerprint density at radius 1 is 0.900 bits per heavy atom. The van der Waals surface area contributed by atoms with Gasteiger partial charge in [-0.05, 0) is 13.5 Å². The zero-order valence-corrected chi connectivity index (χ0v) is 13.9. The minimum Gasteiger partial charge on any atom is -0.329 e. The van der Waals surface area contributed by atoms with Crippen molar-refractivity contribution in [2.45, 2.75) is 77.3 Å². The van der Waals surface area contributed by atoms with E-state index in [4.69, 9.17) is 5.73 Å². The summed E-state index contributed by atoms with van der Waals surface area (Å²) in [6.07, 6.45) is 14.8. The molecule has 0 bridgehead atoms. The van der Waals surface area contributed by atoms with Crippen LogP contribution in [0.15, 0.2) is 0 Å². The van der Waals surface area contributed by atoms with Crippen molar-refractivity contribution in [1.29, 1.82) is 0 Å². The maximum atomic E-state index is 5.70. The highest BCUT2D eigenvalue weighted by atomic mass is 15.4. The summed E-state index contributed by atoms with van der Waals surface area (Å²) in [5.74, 6) is 0. The van der Waals surface area contributed by atoms with Crippen molar-refractivity contribution in [3.8, 4) is 0 Å². The van der Waals surface area contributed by atoms with Gasteiger partial charge < -0.3 is 5.73 Å². The lowest BCUT2D eigenvalue weighted by atomic mass is 10.1. The second-order valence-electron chi connectivity index (χ2n) is 6.40. The Balaban J connectivity index is 1.97. The number of nitrogens with two attached hydrogens (primary N) is 1. The lowest BCUT2D eigenvalue weighted by molar-refractivity contribution is 0.148. The van der Waals surface area contributed by atoms with Gasteiger partial charge >= 0.3 is 0 Å². The van der Waals surface area contributed by atoms with Gasteiger partial charge in [0.1, 0.15) is 0 Å². The maximum absolute atomic E-state index is 5.70. The van der Waals surface area contributed by atoms with Crippen LogP contribution >= 0.6 is 0 Å². The van der Waals surface area contributed by atoms with Gasteiger partial charge in [0.05, 0.1) is 6.17 Å². The topological polar surface area (TPSA) is 32.5 Å². The summed E-state index contributed by atoms with van der Waals surface area (Å²) in [7, 11) is 2.26. The van der Waals surface area contributed by atoms with E-state index in [2.05, 4.69) is 23.8 Å². The first-order chi connectivity index (χ1) is 9.79. The molecule has 2 N–H and O–H groups in total. The highest BCUT2D eigenvalue weighted by Gasteiger charge is 2.27. The molecule has 0 aromatic carbocycles. The average molecular weight is 284 g/mol. The first kappa shape index (κ1) is 17.9. The number of likely N-dealkylation sites (N-methyl/N-ethyl adjacent to an activating group) is 1. The number of unbranched alkanes of at least 4 members (excludes halogenated alkanes) is 8. The predicted molar refractivity (Wildman–Crippen MR) is 88.9 cm³/mol. The van der Waals surface area contributed by atoms with Gasteiger partial charge in [-0.1, -0.05) is 64.7 Å². The van der Waals surface area contributed by atoms with E-state index in [-0.39, 0.29) is 0 Å².